The van der Waals surface area contributed by atoms with Gasteiger partial charge in [-0.2, -0.15) is 0 Å². The van der Waals surface area contributed by atoms with Crippen molar-refractivity contribution in [2.75, 3.05) is 26.9 Å². The zero-order chi connectivity index (χ0) is 12.4. The predicted molar refractivity (Wildman–Crippen MR) is 64.5 cm³/mol. The molecular formula is C12H15ClO4. The van der Waals surface area contributed by atoms with Crippen LogP contribution in [0.3, 0.4) is 0 Å². The summed E-state index contributed by atoms with van der Waals surface area (Å²) in [6, 6.07) is 1.71. The van der Waals surface area contributed by atoms with E-state index >= 15 is 0 Å². The molecule has 2 rings (SSSR count). The van der Waals surface area contributed by atoms with Gasteiger partial charge in [0.1, 0.15) is 19.0 Å². The Hall–Kier alpha value is -1.13. The molecule has 1 aromatic carbocycles. The van der Waals surface area contributed by atoms with Crippen LogP contribution in [0.15, 0.2) is 6.07 Å². The summed E-state index contributed by atoms with van der Waals surface area (Å²) < 4.78 is 16.3. The number of methoxy groups -OCH3 is 1. The number of benzene rings is 1. The fourth-order valence-electron chi connectivity index (χ4n) is 1.84. The van der Waals surface area contributed by atoms with E-state index in [2.05, 4.69) is 0 Å². The molecule has 1 heterocycles. The Morgan fingerprint density at radius 2 is 2.18 bits per heavy atom. The van der Waals surface area contributed by atoms with Gasteiger partial charge in [-0.05, 0) is 0 Å². The van der Waals surface area contributed by atoms with Crippen LogP contribution in [0.2, 0.25) is 5.02 Å². The second kappa shape index (κ2) is 5.02. The summed E-state index contributed by atoms with van der Waals surface area (Å²) in [7, 11) is 1.55. The van der Waals surface area contributed by atoms with Crippen molar-refractivity contribution in [3.63, 3.8) is 0 Å². The molecule has 5 heteroatoms. The van der Waals surface area contributed by atoms with Gasteiger partial charge in [0, 0.05) is 24.2 Å². The van der Waals surface area contributed by atoms with Gasteiger partial charge in [0.25, 0.3) is 0 Å². The molecular weight excluding hydrogens is 244 g/mol. The largest absolute Gasteiger partial charge is 0.495 e. The summed E-state index contributed by atoms with van der Waals surface area (Å²) in [5.41, 5.74) is 0.739. The maximum atomic E-state index is 9.28. The lowest BCUT2D eigenvalue weighted by molar-refractivity contribution is 0.166. The first-order valence-corrected chi connectivity index (χ1v) is 5.83. The van der Waals surface area contributed by atoms with Gasteiger partial charge in [0.05, 0.1) is 12.1 Å². The third kappa shape index (κ3) is 2.15. The molecule has 1 aliphatic rings. The topological polar surface area (TPSA) is 47.9 Å². The van der Waals surface area contributed by atoms with E-state index in [1.54, 1.807) is 13.2 Å². The molecule has 94 valence electrons. The van der Waals surface area contributed by atoms with Crippen molar-refractivity contribution in [3.05, 3.63) is 16.7 Å². The minimum Gasteiger partial charge on any atom is -0.495 e. The Morgan fingerprint density at radius 1 is 1.47 bits per heavy atom. The summed E-state index contributed by atoms with van der Waals surface area (Å²) in [5.74, 6) is 1.63. The molecule has 1 N–H and O–H groups in total. The monoisotopic (exact) mass is 258 g/mol. The van der Waals surface area contributed by atoms with E-state index in [9.17, 15) is 5.11 Å². The van der Waals surface area contributed by atoms with Crippen molar-refractivity contribution in [1.29, 1.82) is 0 Å². The number of aliphatic hydroxyl groups is 1. The van der Waals surface area contributed by atoms with E-state index in [1.165, 1.54) is 0 Å². The molecule has 0 amide bonds. The third-order valence-electron chi connectivity index (χ3n) is 2.76. The molecule has 1 atom stereocenters. The number of aliphatic hydroxyl groups excluding tert-OH is 1. The minimum absolute atomic E-state index is 0.0112. The zero-order valence-electron chi connectivity index (χ0n) is 9.83. The molecule has 1 aromatic rings. The predicted octanol–water partition coefficient (Wildman–Crippen LogP) is 2.22. The number of hydrogen-bond acceptors (Lipinski definition) is 4. The van der Waals surface area contributed by atoms with E-state index in [0.717, 1.165) is 5.56 Å². The lowest BCUT2D eigenvalue weighted by Gasteiger charge is -2.25. The zero-order valence-corrected chi connectivity index (χ0v) is 10.6. The molecule has 0 bridgehead atoms. The molecule has 0 saturated carbocycles. The molecule has 0 aromatic heterocycles. The van der Waals surface area contributed by atoms with Crippen molar-refractivity contribution < 1.29 is 19.3 Å². The second-order valence-corrected chi connectivity index (χ2v) is 4.29. The number of ether oxygens (including phenoxy) is 3. The van der Waals surface area contributed by atoms with Crippen LogP contribution < -0.4 is 14.2 Å². The maximum Gasteiger partial charge on any atom is 0.166 e. The minimum atomic E-state index is -0.131. The Balaban J connectivity index is 2.59. The van der Waals surface area contributed by atoms with E-state index in [0.29, 0.717) is 35.5 Å². The number of fused-ring (bicyclic) bond motifs is 1. The average molecular weight is 259 g/mol. The molecule has 0 radical (unpaired) electrons. The van der Waals surface area contributed by atoms with Crippen molar-refractivity contribution in [3.8, 4) is 17.2 Å². The highest BCUT2D eigenvalue weighted by Crippen LogP contribution is 2.46. The summed E-state index contributed by atoms with van der Waals surface area (Å²) in [6.07, 6.45) is 0. The quantitative estimate of drug-likeness (QED) is 0.903. The van der Waals surface area contributed by atoms with E-state index in [-0.39, 0.29) is 12.5 Å². The molecule has 17 heavy (non-hydrogen) atoms. The van der Waals surface area contributed by atoms with Gasteiger partial charge in [0.15, 0.2) is 11.5 Å². The van der Waals surface area contributed by atoms with Crippen LogP contribution in [-0.2, 0) is 0 Å². The number of halogens is 1. The molecule has 1 unspecified atom stereocenters. The van der Waals surface area contributed by atoms with Crippen LogP contribution in [0.5, 0.6) is 17.2 Å². The third-order valence-corrected chi connectivity index (χ3v) is 3.15. The molecule has 1 aliphatic heterocycles. The normalized spacial score (nSPS) is 15.5. The smallest absolute Gasteiger partial charge is 0.166 e. The van der Waals surface area contributed by atoms with Gasteiger partial charge in [-0.1, -0.05) is 18.5 Å². The highest BCUT2D eigenvalue weighted by Gasteiger charge is 2.25. The maximum absolute atomic E-state index is 9.28. The Kier molecular flexibility index (Phi) is 3.64. The Labute approximate surface area is 105 Å². The van der Waals surface area contributed by atoms with Gasteiger partial charge >= 0.3 is 0 Å². The number of hydrogen-bond donors (Lipinski definition) is 1. The van der Waals surface area contributed by atoms with Gasteiger partial charge in [-0.25, -0.2) is 0 Å². The first-order chi connectivity index (χ1) is 8.19. The molecule has 0 aliphatic carbocycles. The van der Waals surface area contributed by atoms with E-state index in [4.69, 9.17) is 25.8 Å². The summed E-state index contributed by atoms with van der Waals surface area (Å²) in [5, 5.41) is 9.75. The first-order valence-electron chi connectivity index (χ1n) is 5.45. The molecule has 4 nitrogen and oxygen atoms in total. The lowest BCUT2D eigenvalue weighted by Crippen LogP contribution is -2.18. The van der Waals surface area contributed by atoms with Crippen LogP contribution in [0.1, 0.15) is 18.4 Å². The summed E-state index contributed by atoms with van der Waals surface area (Å²) >= 11 is 6.25. The summed E-state index contributed by atoms with van der Waals surface area (Å²) in [4.78, 5) is 0. The van der Waals surface area contributed by atoms with Crippen molar-refractivity contribution in [2.45, 2.75) is 12.8 Å². The SMILES string of the molecule is COc1cc2c(c(C(C)CO)c1Cl)OCCO2. The van der Waals surface area contributed by atoms with Gasteiger partial charge in [-0.15, -0.1) is 0 Å². The van der Waals surface area contributed by atoms with Crippen LogP contribution in [-0.4, -0.2) is 32.0 Å². The second-order valence-electron chi connectivity index (χ2n) is 3.91. The van der Waals surface area contributed by atoms with Crippen LogP contribution in [0.4, 0.5) is 0 Å². The average Bonchev–Trinajstić information content (AvgIpc) is 2.37. The van der Waals surface area contributed by atoms with Crippen LogP contribution >= 0.6 is 11.6 Å². The molecule has 0 fully saturated rings. The van der Waals surface area contributed by atoms with Crippen molar-refractivity contribution in [2.24, 2.45) is 0 Å². The van der Waals surface area contributed by atoms with Crippen LogP contribution in [0, 0.1) is 0 Å². The van der Waals surface area contributed by atoms with Gasteiger partial charge in [-0.3, -0.25) is 0 Å². The highest BCUT2D eigenvalue weighted by atomic mass is 35.5. The van der Waals surface area contributed by atoms with E-state index < -0.39 is 0 Å². The lowest BCUT2D eigenvalue weighted by atomic mass is 9.99. The molecule has 0 spiro atoms. The van der Waals surface area contributed by atoms with Crippen LogP contribution in [0.25, 0.3) is 0 Å². The van der Waals surface area contributed by atoms with E-state index in [1.807, 2.05) is 6.92 Å². The highest BCUT2D eigenvalue weighted by molar-refractivity contribution is 6.33. The van der Waals surface area contributed by atoms with Crippen molar-refractivity contribution >= 4 is 11.6 Å². The van der Waals surface area contributed by atoms with Gasteiger partial charge < -0.3 is 19.3 Å². The first kappa shape index (κ1) is 12.3. The Bertz CT molecular complexity index is 419. The fraction of sp³-hybridized carbons (Fsp3) is 0.500. The molecule has 0 saturated heterocycles. The van der Waals surface area contributed by atoms with Gasteiger partial charge in [0.2, 0.25) is 0 Å². The standard InChI is InChI=1S/C12H15ClO4/c1-7(6-14)10-11(13)8(15-2)5-9-12(10)17-4-3-16-9/h5,7,14H,3-4,6H2,1-2H3. The Morgan fingerprint density at radius 3 is 2.82 bits per heavy atom. The summed E-state index contributed by atoms with van der Waals surface area (Å²) in [6.45, 7) is 2.85. The number of rotatable bonds is 3. The van der Waals surface area contributed by atoms with Crippen molar-refractivity contribution in [1.82, 2.24) is 0 Å². The fourth-order valence-corrected chi connectivity index (χ4v) is 2.25.